The zero-order chi connectivity index (χ0) is 16.3. The van der Waals surface area contributed by atoms with E-state index in [0.717, 1.165) is 25.7 Å². The Balaban J connectivity index is 2.11. The fourth-order valence-corrected chi connectivity index (χ4v) is 4.85. The summed E-state index contributed by atoms with van der Waals surface area (Å²) in [5, 5.41) is 11.6. The summed E-state index contributed by atoms with van der Waals surface area (Å²) in [7, 11) is 0. The number of carbonyl (C=O) groups excluding carboxylic acids is 1. The fraction of sp³-hybridized carbons (Fsp3) is 0.833. The first kappa shape index (κ1) is 15.9. The van der Waals surface area contributed by atoms with Gasteiger partial charge in [-0.1, -0.05) is 12.8 Å². The van der Waals surface area contributed by atoms with E-state index in [1.165, 1.54) is 0 Å². The van der Waals surface area contributed by atoms with Crippen molar-refractivity contribution >= 4 is 5.78 Å². The van der Waals surface area contributed by atoms with E-state index in [1.807, 2.05) is 34.6 Å². The molecule has 0 amide bonds. The van der Waals surface area contributed by atoms with Crippen LogP contribution in [0.2, 0.25) is 0 Å². The number of fused-ring (bicyclic) bond motifs is 3. The Morgan fingerprint density at radius 1 is 1.14 bits per heavy atom. The molecule has 3 aliphatic carbocycles. The highest BCUT2D eigenvalue weighted by Gasteiger charge is 2.73. The van der Waals surface area contributed by atoms with Gasteiger partial charge in [-0.2, -0.15) is 0 Å². The van der Waals surface area contributed by atoms with Crippen molar-refractivity contribution in [2.45, 2.75) is 78.1 Å². The summed E-state index contributed by atoms with van der Waals surface area (Å²) >= 11 is 0. The van der Waals surface area contributed by atoms with Crippen LogP contribution in [0.3, 0.4) is 0 Å². The van der Waals surface area contributed by atoms with Crippen molar-refractivity contribution in [3.8, 4) is 0 Å². The number of allylic oxidation sites excluding steroid dienone is 1. The van der Waals surface area contributed by atoms with Gasteiger partial charge < -0.3 is 14.6 Å². The average molecular weight is 308 g/mol. The molecule has 1 N–H and O–H groups in total. The van der Waals surface area contributed by atoms with E-state index in [1.54, 1.807) is 0 Å². The molecule has 124 valence electrons. The van der Waals surface area contributed by atoms with Crippen LogP contribution in [0.4, 0.5) is 0 Å². The average Bonchev–Trinajstić information content (AvgIpc) is 2.98. The van der Waals surface area contributed by atoms with Crippen molar-refractivity contribution in [1.82, 2.24) is 0 Å². The van der Waals surface area contributed by atoms with Crippen molar-refractivity contribution in [3.63, 3.8) is 0 Å². The molecule has 4 atom stereocenters. The quantitative estimate of drug-likeness (QED) is 0.866. The molecule has 0 unspecified atom stereocenters. The maximum atomic E-state index is 13.0. The molecular formula is C18H28O4. The first-order chi connectivity index (χ1) is 10.2. The Bertz CT molecular complexity index is 521. The molecular weight excluding hydrogens is 280 g/mol. The minimum absolute atomic E-state index is 0.0752. The van der Waals surface area contributed by atoms with Crippen LogP contribution in [0.1, 0.15) is 60.3 Å². The normalized spacial score (nSPS) is 40.6. The number of rotatable bonds is 4. The lowest BCUT2D eigenvalue weighted by molar-refractivity contribution is -0.138. The van der Waals surface area contributed by atoms with Gasteiger partial charge in [0.05, 0.1) is 17.6 Å². The second-order valence-electron chi connectivity index (χ2n) is 7.92. The highest BCUT2D eigenvalue weighted by molar-refractivity contribution is 6.03. The van der Waals surface area contributed by atoms with Crippen molar-refractivity contribution < 1.29 is 19.4 Å². The molecule has 0 saturated heterocycles. The Labute approximate surface area is 132 Å². The summed E-state index contributed by atoms with van der Waals surface area (Å²) in [5.41, 5.74) is -1.99. The highest BCUT2D eigenvalue weighted by atomic mass is 16.5. The molecule has 0 aromatic rings. The molecule has 3 aliphatic rings. The molecule has 22 heavy (non-hydrogen) atoms. The maximum absolute atomic E-state index is 13.0. The van der Waals surface area contributed by atoms with Crippen LogP contribution in [0.5, 0.6) is 0 Å². The molecule has 0 spiro atoms. The van der Waals surface area contributed by atoms with Gasteiger partial charge in [-0.25, -0.2) is 0 Å². The second kappa shape index (κ2) is 4.98. The van der Waals surface area contributed by atoms with Crippen LogP contribution in [-0.4, -0.2) is 28.7 Å². The van der Waals surface area contributed by atoms with Crippen LogP contribution in [-0.2, 0) is 14.3 Å². The number of hydrogen-bond acceptors (Lipinski definition) is 4. The summed E-state index contributed by atoms with van der Waals surface area (Å²) < 4.78 is 11.8. The van der Waals surface area contributed by atoms with Gasteiger partial charge in [0, 0.05) is 0 Å². The highest BCUT2D eigenvalue weighted by Crippen LogP contribution is 2.66. The zero-order valence-electron chi connectivity index (χ0n) is 14.3. The van der Waals surface area contributed by atoms with Crippen LogP contribution < -0.4 is 0 Å². The molecule has 0 bridgehead atoms. The van der Waals surface area contributed by atoms with Gasteiger partial charge in [0.15, 0.2) is 5.76 Å². The first-order valence-electron chi connectivity index (χ1n) is 8.57. The van der Waals surface area contributed by atoms with E-state index < -0.39 is 11.0 Å². The summed E-state index contributed by atoms with van der Waals surface area (Å²) in [5.74, 6) is 1.12. The van der Waals surface area contributed by atoms with Gasteiger partial charge >= 0.3 is 0 Å². The molecule has 2 fully saturated rings. The molecule has 0 heterocycles. The van der Waals surface area contributed by atoms with E-state index in [2.05, 4.69) is 0 Å². The van der Waals surface area contributed by atoms with E-state index in [4.69, 9.17) is 9.47 Å². The van der Waals surface area contributed by atoms with Crippen molar-refractivity contribution in [2.24, 2.45) is 17.3 Å². The van der Waals surface area contributed by atoms with Gasteiger partial charge in [-0.15, -0.1) is 0 Å². The summed E-state index contributed by atoms with van der Waals surface area (Å²) in [6, 6.07) is 0. The van der Waals surface area contributed by atoms with Crippen LogP contribution in [0.15, 0.2) is 11.5 Å². The predicted octanol–water partition coefficient (Wildman–Crippen LogP) is 3.19. The number of ketones is 1. The lowest BCUT2D eigenvalue weighted by atomic mass is 9.73. The number of ether oxygens (including phenoxy) is 2. The first-order valence-corrected chi connectivity index (χ1v) is 8.57. The molecule has 0 radical (unpaired) electrons. The summed E-state index contributed by atoms with van der Waals surface area (Å²) in [6.07, 6.45) is 3.71. The minimum Gasteiger partial charge on any atom is -0.488 e. The number of carbonyl (C=O) groups is 1. The third-order valence-corrected chi connectivity index (χ3v) is 5.67. The lowest BCUT2D eigenvalue weighted by Crippen LogP contribution is -2.48. The number of aliphatic hydroxyl groups is 1. The van der Waals surface area contributed by atoms with Gasteiger partial charge in [0.25, 0.3) is 0 Å². The van der Waals surface area contributed by atoms with Crippen molar-refractivity contribution in [2.75, 3.05) is 0 Å². The Morgan fingerprint density at radius 2 is 1.77 bits per heavy atom. The van der Waals surface area contributed by atoms with E-state index >= 15 is 0 Å². The molecule has 0 aromatic carbocycles. The third-order valence-electron chi connectivity index (χ3n) is 5.67. The van der Waals surface area contributed by atoms with Gasteiger partial charge in [0.1, 0.15) is 5.60 Å². The van der Waals surface area contributed by atoms with Gasteiger partial charge in [-0.05, 0) is 59.3 Å². The monoisotopic (exact) mass is 308 g/mol. The Morgan fingerprint density at radius 3 is 2.36 bits per heavy atom. The minimum atomic E-state index is -1.19. The lowest BCUT2D eigenvalue weighted by Gasteiger charge is -2.37. The smallest absolute Gasteiger partial charge is 0.210 e. The SMILES string of the molecule is CC(C)OC1=C(OC(C)C)[C@]2(O)[C@@H]3CCC[C@H]3C[C@]2(C)C1=O. The molecule has 3 rings (SSSR count). The Hall–Kier alpha value is -1.03. The predicted molar refractivity (Wildman–Crippen MR) is 83.0 cm³/mol. The van der Waals surface area contributed by atoms with Gasteiger partial charge in [0.2, 0.25) is 11.5 Å². The van der Waals surface area contributed by atoms with Crippen molar-refractivity contribution in [3.05, 3.63) is 11.5 Å². The standard InChI is InChI=1S/C18H28O4/c1-10(2)21-14-15(19)17(5)9-12-7-6-8-13(12)18(17,20)16(14)22-11(3)4/h10-13,20H,6-9H2,1-5H3/t12-,13+,17+,18+/m0/s1. The van der Waals surface area contributed by atoms with Crippen LogP contribution in [0.25, 0.3) is 0 Å². The molecule has 4 heteroatoms. The second-order valence-corrected chi connectivity index (χ2v) is 7.92. The summed E-state index contributed by atoms with van der Waals surface area (Å²) in [6.45, 7) is 9.53. The van der Waals surface area contributed by atoms with Gasteiger partial charge in [-0.3, -0.25) is 4.79 Å². The number of hydrogen-bond donors (Lipinski definition) is 1. The molecule has 2 saturated carbocycles. The molecule has 0 aromatic heterocycles. The third kappa shape index (κ3) is 1.89. The number of Topliss-reactive ketones (excluding diaryl/α,β-unsaturated/α-hetero) is 1. The topological polar surface area (TPSA) is 55.8 Å². The fourth-order valence-electron chi connectivity index (χ4n) is 4.85. The van der Waals surface area contributed by atoms with E-state index in [-0.39, 0.29) is 29.7 Å². The van der Waals surface area contributed by atoms with E-state index in [0.29, 0.717) is 11.7 Å². The van der Waals surface area contributed by atoms with E-state index in [9.17, 15) is 9.90 Å². The van der Waals surface area contributed by atoms with Crippen LogP contribution in [0, 0.1) is 17.3 Å². The van der Waals surface area contributed by atoms with Crippen LogP contribution >= 0.6 is 0 Å². The molecule has 0 aliphatic heterocycles. The maximum Gasteiger partial charge on any atom is 0.210 e. The molecule has 4 nitrogen and oxygen atoms in total. The summed E-state index contributed by atoms with van der Waals surface area (Å²) in [4.78, 5) is 13.0. The zero-order valence-corrected chi connectivity index (χ0v) is 14.3. The Kier molecular flexibility index (Phi) is 3.59. The largest absolute Gasteiger partial charge is 0.488 e. The van der Waals surface area contributed by atoms with Crippen molar-refractivity contribution in [1.29, 1.82) is 0 Å².